The Hall–Kier alpha value is -1.82. The van der Waals surface area contributed by atoms with E-state index in [9.17, 15) is 9.59 Å². The smallest absolute Gasteiger partial charge is 0.341 e. The summed E-state index contributed by atoms with van der Waals surface area (Å²) < 4.78 is 14.8. The minimum Gasteiger partial charge on any atom is -0.468 e. The fraction of sp³-hybridized carbons (Fsp3) is 0.538. The molecule has 0 bridgehead atoms. The molecule has 0 saturated heterocycles. The normalized spacial score (nSPS) is 12.3. The monoisotopic (exact) mass is 269 g/mol. The molecule has 0 radical (unpaired) electrons. The number of carbonyl (C=O) groups excluding carboxylic acids is 2. The first-order chi connectivity index (χ1) is 8.90. The molecule has 0 aliphatic rings. The quantitative estimate of drug-likeness (QED) is 0.752. The van der Waals surface area contributed by atoms with E-state index in [1.807, 2.05) is 0 Å². The average molecular weight is 269 g/mol. The van der Waals surface area contributed by atoms with Crippen molar-refractivity contribution in [2.45, 2.75) is 26.4 Å². The minimum absolute atomic E-state index is 0.320. The summed E-state index contributed by atoms with van der Waals surface area (Å²) >= 11 is 0. The molecule has 1 unspecified atom stereocenters. The van der Waals surface area contributed by atoms with Gasteiger partial charge in [-0.3, -0.25) is 9.69 Å². The maximum absolute atomic E-state index is 11.5. The third kappa shape index (κ3) is 3.57. The molecule has 0 aliphatic heterocycles. The number of rotatable bonds is 5. The van der Waals surface area contributed by atoms with Crippen LogP contribution in [0.25, 0.3) is 0 Å². The van der Waals surface area contributed by atoms with Crippen LogP contribution in [0.3, 0.4) is 0 Å². The van der Waals surface area contributed by atoms with Crippen LogP contribution in [0.4, 0.5) is 0 Å². The molecule has 0 amide bonds. The van der Waals surface area contributed by atoms with Gasteiger partial charge >= 0.3 is 11.9 Å². The highest BCUT2D eigenvalue weighted by Crippen LogP contribution is 2.17. The van der Waals surface area contributed by atoms with E-state index in [0.717, 1.165) is 0 Å². The number of carbonyl (C=O) groups is 2. The van der Waals surface area contributed by atoms with Crippen molar-refractivity contribution in [2.24, 2.45) is 0 Å². The third-order valence-corrected chi connectivity index (χ3v) is 2.98. The van der Waals surface area contributed by atoms with E-state index in [1.165, 1.54) is 14.2 Å². The summed E-state index contributed by atoms with van der Waals surface area (Å²) in [6.07, 6.45) is 0. The third-order valence-electron chi connectivity index (χ3n) is 2.98. The van der Waals surface area contributed by atoms with E-state index < -0.39 is 12.0 Å². The molecule has 1 aromatic heterocycles. The second-order valence-electron chi connectivity index (χ2n) is 4.29. The second-order valence-corrected chi connectivity index (χ2v) is 4.29. The number of methoxy groups -OCH3 is 2. The zero-order chi connectivity index (χ0) is 14.6. The SMILES string of the molecule is COC(=O)c1cc(CN(C)C(C)C(=O)OC)oc1C. The molecule has 0 spiro atoms. The summed E-state index contributed by atoms with van der Waals surface area (Å²) in [4.78, 5) is 24.6. The fourth-order valence-electron chi connectivity index (χ4n) is 1.67. The number of furan rings is 1. The Morgan fingerprint density at radius 2 is 2.00 bits per heavy atom. The topological polar surface area (TPSA) is 69.0 Å². The number of aryl methyl sites for hydroxylation is 1. The molecule has 0 fully saturated rings. The van der Waals surface area contributed by atoms with Gasteiger partial charge in [-0.25, -0.2) is 4.79 Å². The van der Waals surface area contributed by atoms with Crippen LogP contribution < -0.4 is 0 Å². The molecule has 0 saturated carbocycles. The molecule has 1 aromatic rings. The van der Waals surface area contributed by atoms with Crippen molar-refractivity contribution in [1.29, 1.82) is 0 Å². The molecule has 106 valence electrons. The van der Waals surface area contributed by atoms with Crippen LogP contribution in [0.2, 0.25) is 0 Å². The summed E-state index contributed by atoms with van der Waals surface area (Å²) in [5.74, 6) is 0.340. The minimum atomic E-state index is -0.434. The second kappa shape index (κ2) is 6.38. The first-order valence-electron chi connectivity index (χ1n) is 5.86. The number of ether oxygens (including phenoxy) is 2. The van der Waals surface area contributed by atoms with Gasteiger partial charge in [0.15, 0.2) is 0 Å². The van der Waals surface area contributed by atoms with Crippen LogP contribution in [0.5, 0.6) is 0 Å². The van der Waals surface area contributed by atoms with Crippen molar-refractivity contribution in [1.82, 2.24) is 4.90 Å². The molecule has 0 aliphatic carbocycles. The molecule has 1 heterocycles. The van der Waals surface area contributed by atoms with Crippen LogP contribution in [0.15, 0.2) is 10.5 Å². The predicted octanol–water partition coefficient (Wildman–Crippen LogP) is 1.37. The lowest BCUT2D eigenvalue weighted by atomic mass is 10.2. The van der Waals surface area contributed by atoms with Crippen LogP contribution >= 0.6 is 0 Å². The van der Waals surface area contributed by atoms with Crippen LogP contribution in [0, 0.1) is 6.92 Å². The van der Waals surface area contributed by atoms with Gasteiger partial charge in [0.05, 0.1) is 20.8 Å². The zero-order valence-corrected chi connectivity index (χ0v) is 11.9. The summed E-state index contributed by atoms with van der Waals surface area (Å²) in [5.41, 5.74) is 0.400. The standard InChI is InChI=1S/C13H19NO5/c1-8(12(15)17-4)14(3)7-10-6-11(9(2)19-10)13(16)18-5/h6,8H,7H2,1-5H3. The Bertz CT molecular complexity index is 466. The van der Waals surface area contributed by atoms with Gasteiger partial charge in [-0.05, 0) is 27.0 Å². The van der Waals surface area contributed by atoms with E-state index in [0.29, 0.717) is 23.6 Å². The largest absolute Gasteiger partial charge is 0.468 e. The highest BCUT2D eigenvalue weighted by atomic mass is 16.5. The Labute approximate surface area is 112 Å². The number of hydrogen-bond donors (Lipinski definition) is 0. The van der Waals surface area contributed by atoms with Gasteiger partial charge in [0.25, 0.3) is 0 Å². The predicted molar refractivity (Wildman–Crippen MR) is 67.7 cm³/mol. The van der Waals surface area contributed by atoms with E-state index in [1.54, 1.807) is 31.9 Å². The zero-order valence-electron chi connectivity index (χ0n) is 11.9. The Morgan fingerprint density at radius 3 is 2.53 bits per heavy atom. The average Bonchev–Trinajstić information content (AvgIpc) is 2.76. The van der Waals surface area contributed by atoms with Crippen molar-refractivity contribution in [3.8, 4) is 0 Å². The van der Waals surface area contributed by atoms with Gasteiger partial charge in [0.1, 0.15) is 23.1 Å². The van der Waals surface area contributed by atoms with Gasteiger partial charge in [0, 0.05) is 0 Å². The Balaban J connectivity index is 2.78. The van der Waals surface area contributed by atoms with E-state index in [-0.39, 0.29) is 5.97 Å². The van der Waals surface area contributed by atoms with Crippen molar-refractivity contribution >= 4 is 11.9 Å². The maximum atomic E-state index is 11.5. The molecular formula is C13H19NO5. The Kier molecular flexibility index (Phi) is 5.11. The van der Waals surface area contributed by atoms with Crippen molar-refractivity contribution in [3.05, 3.63) is 23.2 Å². The van der Waals surface area contributed by atoms with Gasteiger partial charge in [-0.2, -0.15) is 0 Å². The number of esters is 2. The van der Waals surface area contributed by atoms with Crippen LogP contribution in [-0.2, 0) is 20.8 Å². The van der Waals surface area contributed by atoms with Crippen molar-refractivity contribution < 1.29 is 23.5 Å². The Morgan fingerprint density at radius 1 is 1.37 bits per heavy atom. The summed E-state index contributed by atoms with van der Waals surface area (Å²) in [7, 11) is 4.44. The first-order valence-corrected chi connectivity index (χ1v) is 5.86. The maximum Gasteiger partial charge on any atom is 0.341 e. The number of likely N-dealkylation sites (N-methyl/N-ethyl adjacent to an activating group) is 1. The van der Waals surface area contributed by atoms with Gasteiger partial charge < -0.3 is 13.9 Å². The van der Waals surface area contributed by atoms with E-state index in [2.05, 4.69) is 9.47 Å². The van der Waals surface area contributed by atoms with Crippen LogP contribution in [-0.4, -0.2) is 44.1 Å². The van der Waals surface area contributed by atoms with Gasteiger partial charge in [0.2, 0.25) is 0 Å². The molecule has 0 aromatic carbocycles. The molecule has 0 N–H and O–H groups in total. The lowest BCUT2D eigenvalue weighted by Gasteiger charge is -2.21. The molecule has 6 nitrogen and oxygen atoms in total. The van der Waals surface area contributed by atoms with Crippen molar-refractivity contribution in [3.63, 3.8) is 0 Å². The van der Waals surface area contributed by atoms with Gasteiger partial charge in [-0.1, -0.05) is 0 Å². The highest BCUT2D eigenvalue weighted by Gasteiger charge is 2.21. The molecule has 1 atom stereocenters. The number of nitrogens with zero attached hydrogens (tertiary/aromatic N) is 1. The lowest BCUT2D eigenvalue weighted by molar-refractivity contribution is -0.146. The molecule has 1 rings (SSSR count). The van der Waals surface area contributed by atoms with Gasteiger partial charge in [-0.15, -0.1) is 0 Å². The van der Waals surface area contributed by atoms with E-state index >= 15 is 0 Å². The summed E-state index contributed by atoms with van der Waals surface area (Å²) in [6, 6.07) is 1.23. The fourth-order valence-corrected chi connectivity index (χ4v) is 1.67. The summed E-state index contributed by atoms with van der Waals surface area (Å²) in [6.45, 7) is 3.83. The van der Waals surface area contributed by atoms with E-state index in [4.69, 9.17) is 4.42 Å². The molecular weight excluding hydrogens is 250 g/mol. The highest BCUT2D eigenvalue weighted by molar-refractivity contribution is 5.90. The number of hydrogen-bond acceptors (Lipinski definition) is 6. The first kappa shape index (κ1) is 15.2. The lowest BCUT2D eigenvalue weighted by Crippen LogP contribution is -2.36. The molecule has 6 heteroatoms. The summed E-state index contributed by atoms with van der Waals surface area (Å²) in [5, 5.41) is 0. The van der Waals surface area contributed by atoms with Crippen LogP contribution in [0.1, 0.15) is 28.8 Å². The van der Waals surface area contributed by atoms with Crippen molar-refractivity contribution in [2.75, 3.05) is 21.3 Å². The molecule has 19 heavy (non-hydrogen) atoms.